The molecule has 2 N–H and O–H groups in total. The predicted molar refractivity (Wildman–Crippen MR) is 80.8 cm³/mol. The highest BCUT2D eigenvalue weighted by Crippen LogP contribution is 2.42. The number of anilines is 1. The highest BCUT2D eigenvalue weighted by Gasteiger charge is 2.49. The van der Waals surface area contributed by atoms with Crippen molar-refractivity contribution in [2.24, 2.45) is 0 Å². The van der Waals surface area contributed by atoms with Gasteiger partial charge in [-0.15, -0.1) is 0 Å². The largest absolute Gasteiger partial charge is 0.375 e. The molecule has 0 aliphatic carbocycles. The molecule has 1 aliphatic heterocycles. The Bertz CT molecular complexity index is 761. The van der Waals surface area contributed by atoms with Crippen LogP contribution in [0.15, 0.2) is 24.3 Å². The number of aromatic amines is 1. The Morgan fingerprint density at radius 3 is 2.68 bits per heavy atom. The molecule has 114 valence electrons. The normalized spacial score (nSPS) is 20.4. The lowest BCUT2D eigenvalue weighted by atomic mass is 9.87. The van der Waals surface area contributed by atoms with Crippen molar-refractivity contribution in [3.05, 3.63) is 46.8 Å². The maximum absolute atomic E-state index is 12.6. The van der Waals surface area contributed by atoms with Crippen LogP contribution in [0.4, 0.5) is 5.69 Å². The first-order valence-corrected chi connectivity index (χ1v) is 7.01. The molecule has 22 heavy (non-hydrogen) atoms. The number of hydrogen-bond acceptors (Lipinski definition) is 4. The third kappa shape index (κ3) is 1.88. The fraction of sp³-hybridized carbons (Fsp3) is 0.312. The molecule has 1 aromatic carbocycles. The van der Waals surface area contributed by atoms with Crippen LogP contribution >= 0.6 is 0 Å². The first-order chi connectivity index (χ1) is 10.4. The number of para-hydroxylation sites is 1. The number of amides is 1. The first kappa shape index (κ1) is 14.5. The third-order valence-corrected chi connectivity index (χ3v) is 4.19. The number of Topliss-reactive ketones (excluding diaryl/α,β-unsaturated/α-hetero) is 1. The SMILES string of the molecule is Cc1n[nH]c(C)c1C(=O)C[C@@]1(O)C(=O)N(C)c2ccccc21. The molecule has 0 radical (unpaired) electrons. The number of fused-ring (bicyclic) bond motifs is 1. The van der Waals surface area contributed by atoms with E-state index in [0.717, 1.165) is 0 Å². The molecule has 1 aliphatic rings. The van der Waals surface area contributed by atoms with E-state index in [1.807, 2.05) is 0 Å². The van der Waals surface area contributed by atoms with Gasteiger partial charge in [-0.1, -0.05) is 18.2 Å². The van der Waals surface area contributed by atoms with Crippen LogP contribution in [0.2, 0.25) is 0 Å². The maximum atomic E-state index is 12.6. The number of nitrogens with one attached hydrogen (secondary N) is 1. The van der Waals surface area contributed by atoms with E-state index in [9.17, 15) is 14.7 Å². The summed E-state index contributed by atoms with van der Waals surface area (Å²) in [5, 5.41) is 17.6. The second kappa shape index (κ2) is 4.78. The van der Waals surface area contributed by atoms with Gasteiger partial charge in [0, 0.05) is 18.3 Å². The molecule has 6 nitrogen and oxygen atoms in total. The van der Waals surface area contributed by atoms with Gasteiger partial charge in [-0.3, -0.25) is 14.7 Å². The minimum Gasteiger partial charge on any atom is -0.375 e. The number of ketones is 1. The molecule has 6 heteroatoms. The summed E-state index contributed by atoms with van der Waals surface area (Å²) in [6.07, 6.45) is -0.297. The van der Waals surface area contributed by atoms with Crippen LogP contribution in [0.5, 0.6) is 0 Å². The standard InChI is InChI=1S/C16H17N3O3/c1-9-14(10(2)18-17-9)13(20)8-16(22)11-6-4-5-7-12(11)19(3)15(16)21/h4-7,22H,8H2,1-3H3,(H,17,18)/t16-/m0/s1. The zero-order valence-corrected chi connectivity index (χ0v) is 12.7. The van der Waals surface area contributed by atoms with Crippen molar-refractivity contribution < 1.29 is 14.7 Å². The first-order valence-electron chi connectivity index (χ1n) is 7.01. The second-order valence-corrected chi connectivity index (χ2v) is 5.65. The number of aryl methyl sites for hydroxylation is 2. The number of H-pyrrole nitrogens is 1. The fourth-order valence-corrected chi connectivity index (χ4v) is 3.07. The number of rotatable bonds is 3. The summed E-state index contributed by atoms with van der Waals surface area (Å²) >= 11 is 0. The highest BCUT2D eigenvalue weighted by molar-refractivity contribution is 6.10. The average Bonchev–Trinajstić information content (AvgIpc) is 2.92. The number of aromatic nitrogens is 2. The fourth-order valence-electron chi connectivity index (χ4n) is 3.07. The van der Waals surface area contributed by atoms with Gasteiger partial charge in [0.1, 0.15) is 0 Å². The summed E-state index contributed by atoms with van der Waals surface area (Å²) in [4.78, 5) is 26.4. The molecule has 3 rings (SSSR count). The van der Waals surface area contributed by atoms with Crippen molar-refractivity contribution >= 4 is 17.4 Å². The zero-order chi connectivity index (χ0) is 16.1. The van der Waals surface area contributed by atoms with Crippen LogP contribution in [-0.4, -0.2) is 34.0 Å². The van der Waals surface area contributed by atoms with Gasteiger partial charge >= 0.3 is 0 Å². The van der Waals surface area contributed by atoms with Gasteiger partial charge in [0.2, 0.25) is 0 Å². The number of carbonyl (C=O) groups is 2. The number of carbonyl (C=O) groups excluding carboxylic acids is 2. The molecular weight excluding hydrogens is 282 g/mol. The van der Waals surface area contributed by atoms with Gasteiger partial charge in [-0.05, 0) is 19.9 Å². The van der Waals surface area contributed by atoms with Gasteiger partial charge in [-0.2, -0.15) is 5.10 Å². The van der Waals surface area contributed by atoms with Crippen LogP contribution in [0.1, 0.15) is 33.7 Å². The van der Waals surface area contributed by atoms with Crippen molar-refractivity contribution in [3.63, 3.8) is 0 Å². The smallest absolute Gasteiger partial charge is 0.263 e. The maximum Gasteiger partial charge on any atom is 0.263 e. The minimum absolute atomic E-state index is 0.297. The van der Waals surface area contributed by atoms with Crippen molar-refractivity contribution in [2.45, 2.75) is 25.9 Å². The predicted octanol–water partition coefficient (Wildman–Crippen LogP) is 1.46. The van der Waals surface area contributed by atoms with Gasteiger partial charge in [0.15, 0.2) is 11.4 Å². The van der Waals surface area contributed by atoms with Crippen LogP contribution in [-0.2, 0) is 10.4 Å². The Balaban J connectivity index is 2.01. The summed E-state index contributed by atoms with van der Waals surface area (Å²) in [5.41, 5.74) is 0.918. The van der Waals surface area contributed by atoms with E-state index in [0.29, 0.717) is 28.2 Å². The molecule has 0 fully saturated rings. The number of likely N-dealkylation sites (N-methyl/N-ethyl adjacent to an activating group) is 1. The van der Waals surface area contributed by atoms with E-state index in [2.05, 4.69) is 10.2 Å². The summed E-state index contributed by atoms with van der Waals surface area (Å²) < 4.78 is 0. The van der Waals surface area contributed by atoms with Crippen LogP contribution in [0.3, 0.4) is 0 Å². The number of hydrogen-bond donors (Lipinski definition) is 2. The number of benzene rings is 1. The van der Waals surface area contributed by atoms with Crippen molar-refractivity contribution in [3.8, 4) is 0 Å². The van der Waals surface area contributed by atoms with Gasteiger partial charge in [0.25, 0.3) is 5.91 Å². The minimum atomic E-state index is -1.82. The summed E-state index contributed by atoms with van der Waals surface area (Å²) in [6, 6.07) is 6.97. The van der Waals surface area contributed by atoms with Crippen molar-refractivity contribution in [1.82, 2.24) is 10.2 Å². The van der Waals surface area contributed by atoms with E-state index < -0.39 is 11.5 Å². The Hall–Kier alpha value is -2.47. The monoisotopic (exact) mass is 299 g/mol. The molecular formula is C16H17N3O3. The second-order valence-electron chi connectivity index (χ2n) is 5.65. The van der Waals surface area contributed by atoms with Gasteiger partial charge < -0.3 is 10.0 Å². The lowest BCUT2D eigenvalue weighted by Gasteiger charge is -2.21. The lowest BCUT2D eigenvalue weighted by Crippen LogP contribution is -2.40. The van der Waals surface area contributed by atoms with Crippen molar-refractivity contribution in [2.75, 3.05) is 11.9 Å². The number of nitrogens with zero attached hydrogens (tertiary/aromatic N) is 2. The third-order valence-electron chi connectivity index (χ3n) is 4.19. The van der Waals surface area contributed by atoms with Crippen LogP contribution < -0.4 is 4.90 Å². The van der Waals surface area contributed by atoms with E-state index in [1.165, 1.54) is 4.90 Å². The number of aliphatic hydroxyl groups is 1. The summed E-state index contributed by atoms with van der Waals surface area (Å²) in [7, 11) is 1.60. The van der Waals surface area contributed by atoms with Crippen molar-refractivity contribution in [1.29, 1.82) is 0 Å². The van der Waals surface area contributed by atoms with E-state index >= 15 is 0 Å². The van der Waals surface area contributed by atoms with Gasteiger partial charge in [-0.25, -0.2) is 0 Å². The molecule has 0 spiro atoms. The zero-order valence-electron chi connectivity index (χ0n) is 12.7. The molecule has 2 aromatic rings. The summed E-state index contributed by atoms with van der Waals surface area (Å²) in [6.45, 7) is 3.46. The molecule has 1 amide bonds. The van der Waals surface area contributed by atoms with E-state index in [-0.39, 0.29) is 12.2 Å². The Morgan fingerprint density at radius 1 is 1.36 bits per heavy atom. The quantitative estimate of drug-likeness (QED) is 0.840. The molecule has 0 bridgehead atoms. The highest BCUT2D eigenvalue weighted by atomic mass is 16.3. The van der Waals surface area contributed by atoms with Crippen LogP contribution in [0.25, 0.3) is 0 Å². The molecule has 1 aromatic heterocycles. The molecule has 2 heterocycles. The Kier molecular flexibility index (Phi) is 3.14. The molecule has 0 unspecified atom stereocenters. The van der Waals surface area contributed by atoms with E-state index in [4.69, 9.17) is 0 Å². The Labute approximate surface area is 127 Å². The van der Waals surface area contributed by atoms with Gasteiger partial charge in [0.05, 0.1) is 23.4 Å². The van der Waals surface area contributed by atoms with E-state index in [1.54, 1.807) is 45.2 Å². The molecule has 1 atom stereocenters. The Morgan fingerprint density at radius 2 is 2.05 bits per heavy atom. The lowest BCUT2D eigenvalue weighted by molar-refractivity contribution is -0.135. The topological polar surface area (TPSA) is 86.3 Å². The average molecular weight is 299 g/mol. The summed E-state index contributed by atoms with van der Waals surface area (Å²) in [5.74, 6) is -0.787. The molecule has 0 saturated carbocycles. The molecule has 0 saturated heterocycles. The van der Waals surface area contributed by atoms with Crippen LogP contribution in [0, 0.1) is 13.8 Å².